The molecule has 0 aromatic heterocycles. The summed E-state index contributed by atoms with van der Waals surface area (Å²) in [5.41, 5.74) is 2.22. The van der Waals surface area contributed by atoms with Crippen LogP contribution in [0.3, 0.4) is 0 Å². The normalized spacial score (nSPS) is 11.2. The van der Waals surface area contributed by atoms with Crippen molar-refractivity contribution in [3.63, 3.8) is 0 Å². The molecule has 0 rings (SSSR count). The van der Waals surface area contributed by atoms with E-state index in [9.17, 15) is 4.57 Å². The maximum absolute atomic E-state index is 12.1. The van der Waals surface area contributed by atoms with Gasteiger partial charge in [0.05, 0.1) is 19.8 Å². The fourth-order valence-electron chi connectivity index (χ4n) is 0.680. The molecule has 0 aromatic rings. The molecule has 0 aliphatic carbocycles. The van der Waals surface area contributed by atoms with Crippen molar-refractivity contribution in [2.75, 3.05) is 19.8 Å². The van der Waals surface area contributed by atoms with E-state index in [1.54, 1.807) is 20.8 Å². The summed E-state index contributed by atoms with van der Waals surface area (Å²) >= 11 is 0. The molecule has 4 nitrogen and oxygen atoms in total. The summed E-state index contributed by atoms with van der Waals surface area (Å²) < 4.78 is 27.5. The Morgan fingerprint density at radius 2 is 1.06 bits per heavy atom. The lowest BCUT2D eigenvalue weighted by Crippen LogP contribution is -2.04. The van der Waals surface area contributed by atoms with Crippen molar-refractivity contribution in [1.82, 2.24) is 0 Å². The molecule has 0 radical (unpaired) electrons. The molecule has 17 heavy (non-hydrogen) atoms. The van der Waals surface area contributed by atoms with Crippen LogP contribution in [0.25, 0.3) is 0 Å². The van der Waals surface area contributed by atoms with Gasteiger partial charge >= 0.3 is 7.82 Å². The smallest absolute Gasteiger partial charge is 0.282 e. The summed E-state index contributed by atoms with van der Waals surface area (Å²) in [6.45, 7) is 16.7. The molecule has 0 bridgehead atoms. The van der Waals surface area contributed by atoms with Crippen LogP contribution in [0.5, 0.6) is 0 Å². The van der Waals surface area contributed by atoms with Gasteiger partial charge in [-0.05, 0) is 20.8 Å². The van der Waals surface area contributed by atoms with Crippen LogP contribution in [0, 0.1) is 0 Å². The second-order valence-corrected chi connectivity index (χ2v) is 5.81. The second-order valence-electron chi connectivity index (χ2n) is 4.14. The molecular formula is C12H21O4P. The monoisotopic (exact) mass is 260 g/mol. The van der Waals surface area contributed by atoms with Crippen LogP contribution < -0.4 is 0 Å². The predicted molar refractivity (Wildman–Crippen MR) is 69.9 cm³/mol. The van der Waals surface area contributed by atoms with Gasteiger partial charge in [-0.2, -0.15) is 0 Å². The summed E-state index contributed by atoms with van der Waals surface area (Å²) in [4.78, 5) is 0. The Bertz CT molecular complexity index is 294. The fraction of sp³-hybridized carbons (Fsp3) is 0.500. The van der Waals surface area contributed by atoms with Gasteiger partial charge in [0.25, 0.3) is 0 Å². The van der Waals surface area contributed by atoms with E-state index in [1.807, 2.05) is 0 Å². The molecule has 0 fully saturated rings. The first-order chi connectivity index (χ1) is 7.75. The molecule has 0 spiro atoms. The molecule has 0 aliphatic rings. The van der Waals surface area contributed by atoms with Crippen molar-refractivity contribution >= 4 is 7.82 Å². The SMILES string of the molecule is C=C(C)COP(=O)(OCC(=C)C)OCC(=C)C. The number of hydrogen-bond acceptors (Lipinski definition) is 4. The zero-order valence-electron chi connectivity index (χ0n) is 10.8. The van der Waals surface area contributed by atoms with Gasteiger partial charge in [0.1, 0.15) is 0 Å². The van der Waals surface area contributed by atoms with Crippen molar-refractivity contribution in [2.45, 2.75) is 20.8 Å². The zero-order valence-corrected chi connectivity index (χ0v) is 11.7. The molecule has 0 saturated carbocycles. The van der Waals surface area contributed by atoms with Gasteiger partial charge in [-0.25, -0.2) is 4.57 Å². The molecule has 0 amide bonds. The van der Waals surface area contributed by atoms with Crippen molar-refractivity contribution < 1.29 is 18.1 Å². The lowest BCUT2D eigenvalue weighted by atomic mass is 10.4. The fourth-order valence-corrected chi connectivity index (χ4v) is 2.04. The van der Waals surface area contributed by atoms with Crippen LogP contribution in [-0.2, 0) is 18.1 Å². The second kappa shape index (κ2) is 7.62. The van der Waals surface area contributed by atoms with Gasteiger partial charge in [0, 0.05) is 0 Å². The highest BCUT2D eigenvalue weighted by Crippen LogP contribution is 2.50. The van der Waals surface area contributed by atoms with Gasteiger partial charge < -0.3 is 0 Å². The Labute approximate surface area is 104 Å². The summed E-state index contributed by atoms with van der Waals surface area (Å²) in [6.07, 6.45) is 0. The Morgan fingerprint density at radius 3 is 1.24 bits per heavy atom. The molecule has 98 valence electrons. The van der Waals surface area contributed by atoms with E-state index in [2.05, 4.69) is 19.7 Å². The number of phosphoric acid groups is 1. The highest BCUT2D eigenvalue weighted by atomic mass is 31.2. The minimum absolute atomic E-state index is 0.129. The van der Waals surface area contributed by atoms with E-state index in [-0.39, 0.29) is 19.8 Å². The highest BCUT2D eigenvalue weighted by molar-refractivity contribution is 7.48. The molecule has 0 aliphatic heterocycles. The first kappa shape index (κ1) is 16.3. The molecule has 0 saturated heterocycles. The van der Waals surface area contributed by atoms with Gasteiger partial charge in [-0.3, -0.25) is 13.6 Å². The van der Waals surface area contributed by atoms with E-state index >= 15 is 0 Å². The average molecular weight is 260 g/mol. The molecular weight excluding hydrogens is 239 g/mol. The van der Waals surface area contributed by atoms with Crippen molar-refractivity contribution in [3.05, 3.63) is 36.5 Å². The largest absolute Gasteiger partial charge is 0.475 e. The molecule has 0 aromatic carbocycles. The van der Waals surface area contributed by atoms with E-state index in [1.165, 1.54) is 0 Å². The number of phosphoric ester groups is 1. The molecule has 0 unspecified atom stereocenters. The Kier molecular flexibility index (Phi) is 7.32. The first-order valence-electron chi connectivity index (χ1n) is 5.22. The molecule has 0 N–H and O–H groups in total. The van der Waals surface area contributed by atoms with E-state index in [4.69, 9.17) is 13.6 Å². The minimum atomic E-state index is -3.56. The van der Waals surface area contributed by atoms with Crippen molar-refractivity contribution in [1.29, 1.82) is 0 Å². The average Bonchev–Trinajstić information content (AvgIpc) is 2.21. The molecule has 0 atom stereocenters. The van der Waals surface area contributed by atoms with Gasteiger partial charge in [0.2, 0.25) is 0 Å². The summed E-state index contributed by atoms with van der Waals surface area (Å²) in [7, 11) is -3.56. The van der Waals surface area contributed by atoms with Crippen LogP contribution >= 0.6 is 7.82 Å². The summed E-state index contributed by atoms with van der Waals surface area (Å²) in [5.74, 6) is 0. The molecule has 5 heteroatoms. The van der Waals surface area contributed by atoms with Crippen molar-refractivity contribution in [3.8, 4) is 0 Å². The third-order valence-electron chi connectivity index (χ3n) is 1.41. The third kappa shape index (κ3) is 9.07. The standard InChI is InChI=1S/C12H21O4P/c1-10(2)7-14-17(13,15-8-11(3)4)16-9-12(5)6/h1,3,5,7-9H2,2,4,6H3. The zero-order chi connectivity index (χ0) is 13.5. The van der Waals surface area contributed by atoms with Crippen LogP contribution in [0.15, 0.2) is 36.5 Å². The van der Waals surface area contributed by atoms with Crippen LogP contribution in [0.2, 0.25) is 0 Å². The van der Waals surface area contributed by atoms with Gasteiger partial charge in [-0.15, -0.1) is 0 Å². The topological polar surface area (TPSA) is 44.8 Å². The van der Waals surface area contributed by atoms with Crippen LogP contribution in [0.4, 0.5) is 0 Å². The Morgan fingerprint density at radius 1 is 0.824 bits per heavy atom. The predicted octanol–water partition coefficient (Wildman–Crippen LogP) is 3.87. The van der Waals surface area contributed by atoms with Crippen molar-refractivity contribution in [2.24, 2.45) is 0 Å². The Balaban J connectivity index is 4.44. The van der Waals surface area contributed by atoms with Crippen LogP contribution in [-0.4, -0.2) is 19.8 Å². The quantitative estimate of drug-likeness (QED) is 0.466. The summed E-state index contributed by atoms with van der Waals surface area (Å²) in [6, 6.07) is 0. The van der Waals surface area contributed by atoms with Gasteiger partial charge in [-0.1, -0.05) is 36.5 Å². The number of hydrogen-bond donors (Lipinski definition) is 0. The van der Waals surface area contributed by atoms with Gasteiger partial charge in [0.15, 0.2) is 0 Å². The third-order valence-corrected chi connectivity index (χ3v) is 2.74. The lowest BCUT2D eigenvalue weighted by Gasteiger charge is -2.18. The lowest BCUT2D eigenvalue weighted by molar-refractivity contribution is 0.135. The highest BCUT2D eigenvalue weighted by Gasteiger charge is 2.26. The Hall–Kier alpha value is -0.670. The maximum Gasteiger partial charge on any atom is 0.475 e. The maximum atomic E-state index is 12.1. The first-order valence-corrected chi connectivity index (χ1v) is 6.68. The van der Waals surface area contributed by atoms with E-state index in [0.29, 0.717) is 0 Å². The number of rotatable bonds is 9. The van der Waals surface area contributed by atoms with E-state index < -0.39 is 7.82 Å². The van der Waals surface area contributed by atoms with Crippen LogP contribution in [0.1, 0.15) is 20.8 Å². The van der Waals surface area contributed by atoms with E-state index in [0.717, 1.165) is 16.7 Å². The summed E-state index contributed by atoms with van der Waals surface area (Å²) in [5, 5.41) is 0. The molecule has 0 heterocycles. The minimum Gasteiger partial charge on any atom is -0.282 e.